The molecule has 1 spiro atoms. The highest BCUT2D eigenvalue weighted by molar-refractivity contribution is 6.25. The van der Waals surface area contributed by atoms with Crippen LogP contribution in [0, 0.1) is 23.7 Å². The number of esters is 2. The molecule has 0 aliphatic carbocycles. The summed E-state index contributed by atoms with van der Waals surface area (Å²) >= 11 is 0. The summed E-state index contributed by atoms with van der Waals surface area (Å²) in [6.45, 7) is 5.79. The topological polar surface area (TPSA) is 222 Å². The van der Waals surface area contributed by atoms with Gasteiger partial charge in [-0.2, -0.15) is 0 Å². The van der Waals surface area contributed by atoms with Crippen molar-refractivity contribution < 1.29 is 48.1 Å². The van der Waals surface area contributed by atoms with Crippen molar-refractivity contribution in [2.24, 2.45) is 17.6 Å². The average molecular weight is 960 g/mol. The number of morpholine rings is 2. The Hall–Kier alpha value is -8.20. The number of carbonyl (C=O) groups excluding carboxylic acids is 6. The Morgan fingerprint density at radius 3 is 2.14 bits per heavy atom. The van der Waals surface area contributed by atoms with Gasteiger partial charge in [0.1, 0.15) is 29.4 Å². The quantitative estimate of drug-likeness (QED) is 0.0870. The van der Waals surface area contributed by atoms with E-state index in [0.717, 1.165) is 10.6 Å². The minimum atomic E-state index is -2.18. The monoisotopic (exact) mass is 959 g/mol. The van der Waals surface area contributed by atoms with Gasteiger partial charge in [-0.1, -0.05) is 98.5 Å². The molecule has 5 aromatic rings. The minimum absolute atomic E-state index is 0.0567. The van der Waals surface area contributed by atoms with Gasteiger partial charge < -0.3 is 45.9 Å². The molecule has 9 rings (SSSR count). The third kappa shape index (κ3) is 8.88. The minimum Gasteiger partial charge on any atom is -0.508 e. The van der Waals surface area contributed by atoms with E-state index < -0.39 is 83.3 Å². The lowest BCUT2D eigenvalue weighted by atomic mass is 9.65. The van der Waals surface area contributed by atoms with Gasteiger partial charge in [0.15, 0.2) is 0 Å². The summed E-state index contributed by atoms with van der Waals surface area (Å²) in [5, 5.41) is 19.0. The predicted octanol–water partition coefficient (Wildman–Crippen LogP) is 5.46. The van der Waals surface area contributed by atoms with Crippen LogP contribution in [0.1, 0.15) is 59.9 Å². The fourth-order valence-corrected chi connectivity index (χ4v) is 10.5. The van der Waals surface area contributed by atoms with Crippen LogP contribution < -0.4 is 31.5 Å². The normalized spacial score (nSPS) is 22.9. The molecule has 6 amide bonds. The number of nitrogens with two attached hydrogens (primary N) is 1. The number of phenolic OH excluding ortho intramolecular Hbond substituents is 1. The summed E-state index contributed by atoms with van der Waals surface area (Å²) in [7, 11) is 1.19. The Balaban J connectivity index is 1.31. The number of methoxy groups -OCH3 is 1. The Bertz CT molecular complexity index is 2900. The van der Waals surface area contributed by atoms with Gasteiger partial charge in [-0.15, -0.1) is 0 Å². The van der Waals surface area contributed by atoms with Crippen molar-refractivity contribution in [3.63, 3.8) is 0 Å². The summed E-state index contributed by atoms with van der Waals surface area (Å²) in [6.07, 6.45) is -0.981. The van der Waals surface area contributed by atoms with Crippen LogP contribution in [0.25, 0.3) is 0 Å². The number of anilines is 3. The van der Waals surface area contributed by atoms with E-state index in [-0.39, 0.29) is 23.5 Å². The highest BCUT2D eigenvalue weighted by atomic mass is 16.6. The molecule has 3 fully saturated rings. The largest absolute Gasteiger partial charge is 0.508 e. The van der Waals surface area contributed by atoms with Crippen molar-refractivity contribution in [3.05, 3.63) is 155 Å². The van der Waals surface area contributed by atoms with Crippen molar-refractivity contribution in [2.75, 3.05) is 55.1 Å². The Morgan fingerprint density at radius 2 is 1.51 bits per heavy atom. The molecular formula is C54H53N7O10. The summed E-state index contributed by atoms with van der Waals surface area (Å²) < 4.78 is 17.2. The van der Waals surface area contributed by atoms with Crippen molar-refractivity contribution in [3.8, 4) is 17.6 Å². The third-order valence-corrected chi connectivity index (χ3v) is 13.6. The molecule has 6 N–H and O–H groups in total. The Kier molecular flexibility index (Phi) is 13.5. The number of urea groups is 2. The van der Waals surface area contributed by atoms with Crippen LogP contribution in [0.4, 0.5) is 26.7 Å². The van der Waals surface area contributed by atoms with Crippen LogP contribution in [0.2, 0.25) is 0 Å². The molecule has 4 heterocycles. The van der Waals surface area contributed by atoms with E-state index in [2.05, 4.69) is 32.7 Å². The second kappa shape index (κ2) is 20.0. The molecule has 17 nitrogen and oxygen atoms in total. The molecule has 5 aromatic carbocycles. The Labute approximate surface area is 410 Å². The molecule has 7 atom stereocenters. The number of ether oxygens (including phenoxy) is 3. The maximum atomic E-state index is 16.6. The maximum Gasteiger partial charge on any atom is 0.329 e. The van der Waals surface area contributed by atoms with E-state index in [1.807, 2.05) is 77.7 Å². The van der Waals surface area contributed by atoms with E-state index in [9.17, 15) is 14.7 Å². The molecule has 364 valence electrons. The van der Waals surface area contributed by atoms with Crippen LogP contribution >= 0.6 is 0 Å². The number of carbonyl (C=O) groups is 6. The standard InChI is InChI=1S/C54H53N7O10/c1-32(2)43(49(64)69-3)58-53(68)60-41-25-16-33(11-10-26-56-52(55)67)31-40(41)54(51(60)66)42(48(63)57-37-19-21-38(22-20-37)59-27-29-70-30-28-59)45-50(65)71-46(35-14-8-5-9-15-35)44(34-12-6-4-7-13-34)61(45)47(54)36-17-23-39(62)24-18-36/h4-9,12-25,31-32,42-47,62H,26-30H2,1-3H3,(H,57,63)(H,58,68)(H3,55,56,67)/t42-,43-,44-,45-,46+,47+,54-/m0/s1. The SMILES string of the molecule is COC(=O)[C@@H](NC(=O)N1C(=O)[C@@]2(c3cc(C#CCNC(N)=O)ccc31)[C@H](C(=O)Nc1ccc(N3CCOCC3)cc1)[C@H]1C(=O)O[C@H](c3ccccc3)[C@H](c3ccccc3)N1[C@@H]2c1ccc(O)cc1)C(C)C. The summed E-state index contributed by atoms with van der Waals surface area (Å²) in [5.74, 6) is 0.486. The molecule has 3 saturated heterocycles. The van der Waals surface area contributed by atoms with Gasteiger partial charge in [-0.05, 0) is 82.8 Å². The van der Waals surface area contributed by atoms with E-state index in [0.29, 0.717) is 54.2 Å². The zero-order valence-electron chi connectivity index (χ0n) is 39.2. The lowest BCUT2D eigenvalue weighted by Gasteiger charge is -2.46. The van der Waals surface area contributed by atoms with Crippen LogP contribution in [0.5, 0.6) is 5.75 Å². The van der Waals surface area contributed by atoms with Gasteiger partial charge in [-0.25, -0.2) is 19.3 Å². The van der Waals surface area contributed by atoms with Gasteiger partial charge in [0.05, 0.1) is 50.6 Å². The molecule has 0 bridgehead atoms. The lowest BCUT2D eigenvalue weighted by Crippen LogP contribution is -2.57. The predicted molar refractivity (Wildman–Crippen MR) is 262 cm³/mol. The molecule has 0 aromatic heterocycles. The number of hydrogen-bond donors (Lipinski definition) is 5. The summed E-state index contributed by atoms with van der Waals surface area (Å²) in [4.78, 5) is 92.7. The maximum absolute atomic E-state index is 16.6. The molecular weight excluding hydrogens is 907 g/mol. The first-order valence-corrected chi connectivity index (χ1v) is 23.3. The summed E-state index contributed by atoms with van der Waals surface area (Å²) in [6, 6.07) is 30.0. The number of nitrogens with zero attached hydrogens (tertiary/aromatic N) is 3. The number of aromatic hydroxyl groups is 1. The number of nitrogens with one attached hydrogen (secondary N) is 3. The number of amides is 6. The second-order valence-corrected chi connectivity index (χ2v) is 18.1. The van der Waals surface area contributed by atoms with E-state index in [1.54, 1.807) is 50.2 Å². The first kappa shape index (κ1) is 47.8. The number of primary amides is 1. The number of benzene rings is 5. The first-order chi connectivity index (χ1) is 34.3. The van der Waals surface area contributed by atoms with Crippen LogP contribution in [-0.2, 0) is 38.8 Å². The highest BCUT2D eigenvalue weighted by Gasteiger charge is 2.75. The van der Waals surface area contributed by atoms with Gasteiger partial charge in [0.25, 0.3) is 0 Å². The van der Waals surface area contributed by atoms with E-state index in [4.69, 9.17) is 19.9 Å². The molecule has 0 unspecified atom stereocenters. The fourth-order valence-electron chi connectivity index (χ4n) is 10.5. The first-order valence-electron chi connectivity index (χ1n) is 23.3. The molecule has 71 heavy (non-hydrogen) atoms. The van der Waals surface area contributed by atoms with E-state index in [1.165, 1.54) is 25.3 Å². The number of rotatable bonds is 10. The fraction of sp³-hybridized carbons (Fsp3) is 0.296. The third-order valence-electron chi connectivity index (χ3n) is 13.6. The number of imide groups is 1. The van der Waals surface area contributed by atoms with Crippen molar-refractivity contribution in [1.29, 1.82) is 0 Å². The zero-order valence-corrected chi connectivity index (χ0v) is 39.2. The summed E-state index contributed by atoms with van der Waals surface area (Å²) in [5.41, 5.74) is 6.72. The average Bonchev–Trinajstić information content (AvgIpc) is 3.84. The van der Waals surface area contributed by atoms with Crippen molar-refractivity contribution >= 4 is 52.9 Å². The number of phenols is 1. The lowest BCUT2D eigenvalue weighted by molar-refractivity contribution is -0.177. The Morgan fingerprint density at radius 1 is 0.845 bits per heavy atom. The molecule has 4 aliphatic rings. The molecule has 0 saturated carbocycles. The molecule has 17 heteroatoms. The van der Waals surface area contributed by atoms with Crippen LogP contribution in [0.3, 0.4) is 0 Å². The van der Waals surface area contributed by atoms with Gasteiger partial charge in [-0.3, -0.25) is 19.3 Å². The molecule has 0 radical (unpaired) electrons. The number of fused-ring (bicyclic) bond motifs is 3. The van der Waals surface area contributed by atoms with Crippen LogP contribution in [-0.4, -0.2) is 97.9 Å². The highest BCUT2D eigenvalue weighted by Crippen LogP contribution is 2.66. The van der Waals surface area contributed by atoms with Crippen molar-refractivity contribution in [2.45, 2.75) is 49.5 Å². The second-order valence-electron chi connectivity index (χ2n) is 18.1. The van der Waals surface area contributed by atoms with Crippen molar-refractivity contribution in [1.82, 2.24) is 15.5 Å². The van der Waals surface area contributed by atoms with Crippen LogP contribution in [0.15, 0.2) is 127 Å². The molecule has 4 aliphatic heterocycles. The van der Waals surface area contributed by atoms with Gasteiger partial charge >= 0.3 is 24.0 Å². The van der Waals surface area contributed by atoms with Gasteiger partial charge in [0, 0.05) is 30.0 Å². The van der Waals surface area contributed by atoms with Gasteiger partial charge in [0.2, 0.25) is 11.8 Å². The smallest absolute Gasteiger partial charge is 0.329 e. The zero-order chi connectivity index (χ0) is 50.0. The number of hydrogen-bond acceptors (Lipinski definition) is 12. The van der Waals surface area contributed by atoms with E-state index >= 15 is 19.2 Å². The number of cyclic esters (lactones) is 1.